The zero-order valence-electron chi connectivity index (χ0n) is 12.6. The van der Waals surface area contributed by atoms with E-state index < -0.39 is 17.4 Å². The lowest BCUT2D eigenvalue weighted by atomic mass is 10.1. The van der Waals surface area contributed by atoms with E-state index in [0.717, 1.165) is 6.07 Å². The first-order valence-electron chi connectivity index (χ1n) is 7.15. The van der Waals surface area contributed by atoms with Gasteiger partial charge in [-0.25, -0.2) is 14.4 Å². The van der Waals surface area contributed by atoms with E-state index >= 15 is 0 Å². The molecule has 0 spiro atoms. The summed E-state index contributed by atoms with van der Waals surface area (Å²) in [7, 11) is 0. The number of nitrogens with zero attached hydrogens (tertiary/aromatic N) is 4. The number of anilines is 1. The molecule has 2 heterocycles. The Kier molecular flexibility index (Phi) is 3.22. The highest BCUT2D eigenvalue weighted by atomic mass is 19.2. The highest BCUT2D eigenvalue weighted by Gasteiger charge is 2.20. The van der Waals surface area contributed by atoms with Crippen LogP contribution >= 0.6 is 0 Å². The van der Waals surface area contributed by atoms with Crippen molar-refractivity contribution in [1.82, 2.24) is 14.4 Å². The van der Waals surface area contributed by atoms with E-state index in [4.69, 9.17) is 15.7 Å². The Hall–Kier alpha value is -3.73. The Morgan fingerprint density at radius 3 is 2.84 bits per heavy atom. The van der Waals surface area contributed by atoms with Crippen LogP contribution in [0.3, 0.4) is 0 Å². The molecule has 0 fully saturated rings. The minimum absolute atomic E-state index is 0.200. The second-order valence-electron chi connectivity index (χ2n) is 5.26. The first-order valence-corrected chi connectivity index (χ1v) is 7.15. The average molecular weight is 337 g/mol. The summed E-state index contributed by atoms with van der Waals surface area (Å²) < 4.78 is 34.9. The standard InChI is InChI=1S/C17H9F2N5O/c18-12-6-13(21)11(7-20)16(15(12)19)25-9-1-2-14-10(5-9)17-22-3-4-24(17)8-23-14/h1-6,8H,21H2. The van der Waals surface area contributed by atoms with Crippen LogP contribution in [-0.2, 0) is 0 Å². The molecule has 0 aliphatic rings. The van der Waals surface area contributed by atoms with Crippen LogP contribution < -0.4 is 10.5 Å². The molecule has 8 heteroatoms. The molecule has 25 heavy (non-hydrogen) atoms. The fourth-order valence-electron chi connectivity index (χ4n) is 2.56. The molecule has 0 amide bonds. The van der Waals surface area contributed by atoms with Crippen LogP contribution in [-0.4, -0.2) is 14.4 Å². The van der Waals surface area contributed by atoms with Gasteiger partial charge in [0.25, 0.3) is 0 Å². The highest BCUT2D eigenvalue weighted by molar-refractivity contribution is 5.92. The molecule has 2 aromatic heterocycles. The van der Waals surface area contributed by atoms with Crippen molar-refractivity contribution in [2.75, 3.05) is 5.73 Å². The molecule has 0 unspecified atom stereocenters. The Morgan fingerprint density at radius 2 is 2.04 bits per heavy atom. The Morgan fingerprint density at radius 1 is 1.20 bits per heavy atom. The van der Waals surface area contributed by atoms with E-state index in [1.54, 1.807) is 41.3 Å². The molecule has 2 N–H and O–H groups in total. The SMILES string of the molecule is N#Cc1c(N)cc(F)c(F)c1Oc1ccc2ncn3ccnc3c2c1. The zero-order chi connectivity index (χ0) is 17.6. The number of nitrogens with two attached hydrogens (primary N) is 1. The average Bonchev–Trinajstić information content (AvgIpc) is 3.09. The number of rotatable bonds is 2. The predicted octanol–water partition coefficient (Wildman–Crippen LogP) is 3.41. The Labute approximate surface area is 139 Å². The van der Waals surface area contributed by atoms with Gasteiger partial charge in [-0.1, -0.05) is 0 Å². The van der Waals surface area contributed by atoms with Crippen molar-refractivity contribution in [2.24, 2.45) is 0 Å². The minimum Gasteiger partial charge on any atom is -0.453 e. The molecule has 0 aliphatic carbocycles. The summed E-state index contributed by atoms with van der Waals surface area (Å²) in [6, 6.07) is 7.26. The van der Waals surface area contributed by atoms with E-state index in [9.17, 15) is 8.78 Å². The van der Waals surface area contributed by atoms with Gasteiger partial charge >= 0.3 is 0 Å². The lowest BCUT2D eigenvalue weighted by Crippen LogP contribution is -2.01. The summed E-state index contributed by atoms with van der Waals surface area (Å²) >= 11 is 0. The number of hydrogen-bond donors (Lipinski definition) is 1. The summed E-state index contributed by atoms with van der Waals surface area (Å²) in [5, 5.41) is 9.82. The van der Waals surface area contributed by atoms with Gasteiger partial charge in [0.15, 0.2) is 11.6 Å². The van der Waals surface area contributed by atoms with Crippen molar-refractivity contribution < 1.29 is 13.5 Å². The molecular weight excluding hydrogens is 328 g/mol. The fraction of sp³-hybridized carbons (Fsp3) is 0. The number of aromatic nitrogens is 3. The Balaban J connectivity index is 1.88. The number of nitriles is 1. The van der Waals surface area contributed by atoms with E-state index in [1.165, 1.54) is 6.07 Å². The topological polar surface area (TPSA) is 89.2 Å². The molecule has 4 rings (SSSR count). The molecule has 0 saturated carbocycles. The molecule has 122 valence electrons. The number of fused-ring (bicyclic) bond motifs is 3. The van der Waals surface area contributed by atoms with Gasteiger partial charge in [-0.3, -0.25) is 4.40 Å². The van der Waals surface area contributed by atoms with Crippen molar-refractivity contribution >= 4 is 22.2 Å². The highest BCUT2D eigenvalue weighted by Crippen LogP contribution is 2.34. The Bertz CT molecular complexity index is 1180. The molecule has 6 nitrogen and oxygen atoms in total. The molecule has 0 bridgehead atoms. The second kappa shape index (κ2) is 5.42. The van der Waals surface area contributed by atoms with Gasteiger partial charge in [-0.05, 0) is 18.2 Å². The smallest absolute Gasteiger partial charge is 0.202 e. The first-order chi connectivity index (χ1) is 12.1. The quantitative estimate of drug-likeness (QED) is 0.566. The van der Waals surface area contributed by atoms with Gasteiger partial charge in [0.2, 0.25) is 5.82 Å². The summed E-state index contributed by atoms with van der Waals surface area (Å²) in [6.07, 6.45) is 4.96. The van der Waals surface area contributed by atoms with Crippen LogP contribution in [0.5, 0.6) is 11.5 Å². The monoisotopic (exact) mass is 337 g/mol. The van der Waals surface area contributed by atoms with Crippen molar-refractivity contribution in [1.29, 1.82) is 5.26 Å². The third kappa shape index (κ3) is 2.30. The first kappa shape index (κ1) is 14.8. The molecule has 0 atom stereocenters. The molecule has 2 aromatic carbocycles. The van der Waals surface area contributed by atoms with Crippen LogP contribution in [0.2, 0.25) is 0 Å². The van der Waals surface area contributed by atoms with Crippen LogP contribution in [0.1, 0.15) is 5.56 Å². The maximum atomic E-state index is 14.1. The van der Waals surface area contributed by atoms with E-state index in [1.807, 2.05) is 0 Å². The maximum absolute atomic E-state index is 14.1. The van der Waals surface area contributed by atoms with Crippen LogP contribution in [0.15, 0.2) is 43.0 Å². The molecule has 4 aromatic rings. The minimum atomic E-state index is -1.28. The third-order valence-corrected chi connectivity index (χ3v) is 3.74. The summed E-state index contributed by atoms with van der Waals surface area (Å²) in [5.74, 6) is -2.82. The van der Waals surface area contributed by atoms with Crippen molar-refractivity contribution in [2.45, 2.75) is 0 Å². The zero-order valence-corrected chi connectivity index (χ0v) is 12.6. The molecule has 0 saturated heterocycles. The van der Waals surface area contributed by atoms with Gasteiger partial charge in [0, 0.05) is 23.8 Å². The van der Waals surface area contributed by atoms with Crippen LogP contribution in [0.4, 0.5) is 14.5 Å². The second-order valence-corrected chi connectivity index (χ2v) is 5.26. The van der Waals surface area contributed by atoms with Crippen molar-refractivity contribution in [3.05, 3.63) is 60.2 Å². The number of nitrogen functional groups attached to an aromatic ring is 1. The van der Waals surface area contributed by atoms with E-state index in [2.05, 4.69) is 9.97 Å². The predicted molar refractivity (Wildman–Crippen MR) is 86.1 cm³/mol. The molecular formula is C17H9F2N5O. The number of hydrogen-bond acceptors (Lipinski definition) is 5. The third-order valence-electron chi connectivity index (χ3n) is 3.74. The molecule has 0 aliphatic heterocycles. The molecule has 0 radical (unpaired) electrons. The van der Waals surface area contributed by atoms with Crippen LogP contribution in [0.25, 0.3) is 16.6 Å². The lowest BCUT2D eigenvalue weighted by molar-refractivity contribution is 0.415. The van der Waals surface area contributed by atoms with Gasteiger partial charge in [-0.15, -0.1) is 0 Å². The maximum Gasteiger partial charge on any atom is 0.202 e. The van der Waals surface area contributed by atoms with Gasteiger partial charge in [-0.2, -0.15) is 9.65 Å². The number of imidazole rings is 1. The normalized spacial score (nSPS) is 10.9. The summed E-state index contributed by atoms with van der Waals surface area (Å²) in [6.45, 7) is 0. The van der Waals surface area contributed by atoms with Gasteiger partial charge < -0.3 is 10.5 Å². The van der Waals surface area contributed by atoms with E-state index in [-0.39, 0.29) is 17.0 Å². The van der Waals surface area contributed by atoms with Gasteiger partial charge in [0.1, 0.15) is 29.4 Å². The lowest BCUT2D eigenvalue weighted by Gasteiger charge is -2.11. The summed E-state index contributed by atoms with van der Waals surface area (Å²) in [4.78, 5) is 8.51. The number of halogens is 2. The van der Waals surface area contributed by atoms with Gasteiger partial charge in [0.05, 0.1) is 11.2 Å². The van der Waals surface area contributed by atoms with Crippen LogP contribution in [0, 0.1) is 23.0 Å². The number of ether oxygens (including phenoxy) is 1. The summed E-state index contributed by atoms with van der Waals surface area (Å²) in [5.41, 5.74) is 6.40. The largest absolute Gasteiger partial charge is 0.453 e. The van der Waals surface area contributed by atoms with E-state index in [0.29, 0.717) is 16.6 Å². The fourth-order valence-corrected chi connectivity index (χ4v) is 2.56. The van der Waals surface area contributed by atoms with Crippen molar-refractivity contribution in [3.8, 4) is 17.6 Å². The van der Waals surface area contributed by atoms with Crippen molar-refractivity contribution in [3.63, 3.8) is 0 Å². The number of benzene rings is 2.